The van der Waals surface area contributed by atoms with Crippen molar-refractivity contribution in [1.82, 2.24) is 0 Å². The van der Waals surface area contributed by atoms with Gasteiger partial charge in [0.05, 0.1) is 13.2 Å². The van der Waals surface area contributed by atoms with Crippen molar-refractivity contribution in [3.05, 3.63) is 29.3 Å². The molecule has 1 aromatic rings. The number of nitrogens with zero attached hydrogens (tertiary/aromatic N) is 1. The molecule has 0 unspecified atom stereocenters. The van der Waals surface area contributed by atoms with Crippen molar-refractivity contribution in [2.24, 2.45) is 0 Å². The van der Waals surface area contributed by atoms with Crippen LogP contribution < -0.4 is 4.90 Å². The molecule has 1 heterocycles. The molecule has 0 saturated carbocycles. The lowest BCUT2D eigenvalue weighted by atomic mass is 10.0. The zero-order valence-corrected chi connectivity index (χ0v) is 10.3. The molecule has 0 aromatic heterocycles. The number of hydrogen-bond donors (Lipinski definition) is 0. The summed E-state index contributed by atoms with van der Waals surface area (Å²) < 4.78 is 5.37. The molecule has 1 saturated heterocycles. The Morgan fingerprint density at radius 2 is 2.12 bits per heavy atom. The van der Waals surface area contributed by atoms with E-state index in [1.54, 1.807) is 0 Å². The van der Waals surface area contributed by atoms with Crippen molar-refractivity contribution in [2.75, 3.05) is 31.2 Å². The molecule has 0 aliphatic carbocycles. The molecule has 0 atom stereocenters. The first-order valence-electron chi connectivity index (χ1n) is 6.17. The van der Waals surface area contributed by atoms with Crippen LogP contribution in [0.5, 0.6) is 0 Å². The summed E-state index contributed by atoms with van der Waals surface area (Å²) in [4.78, 5) is 12.9. The number of hydrogen-bond acceptors (Lipinski definition) is 3. The zero-order valence-electron chi connectivity index (χ0n) is 10.3. The minimum atomic E-state index is 0.598. The molecule has 0 bridgehead atoms. The van der Waals surface area contributed by atoms with Crippen molar-refractivity contribution in [3.63, 3.8) is 0 Å². The van der Waals surface area contributed by atoms with Gasteiger partial charge in [0.25, 0.3) is 0 Å². The van der Waals surface area contributed by atoms with Crippen molar-refractivity contribution < 1.29 is 9.53 Å². The Balaban J connectivity index is 2.21. The molecule has 0 amide bonds. The molecule has 92 valence electrons. The van der Waals surface area contributed by atoms with E-state index in [1.165, 1.54) is 16.8 Å². The third-order valence-corrected chi connectivity index (χ3v) is 3.12. The average molecular weight is 233 g/mol. The maximum absolute atomic E-state index is 10.5. The first-order valence-corrected chi connectivity index (χ1v) is 6.17. The third kappa shape index (κ3) is 3.07. The van der Waals surface area contributed by atoms with Gasteiger partial charge in [-0.2, -0.15) is 0 Å². The van der Waals surface area contributed by atoms with Gasteiger partial charge < -0.3 is 14.4 Å². The highest BCUT2D eigenvalue weighted by Gasteiger charge is 2.14. The smallest absolute Gasteiger partial charge is 0.120 e. The standard InChI is InChI=1S/C14H19NO2/c1-12-4-5-13(3-2-8-16)14(11-12)15-6-9-17-10-7-15/h4-5,8,11H,2-3,6-7,9-10H2,1H3. The predicted molar refractivity (Wildman–Crippen MR) is 68.6 cm³/mol. The molecule has 0 N–H and O–H groups in total. The highest BCUT2D eigenvalue weighted by Crippen LogP contribution is 2.24. The Morgan fingerprint density at radius 3 is 2.82 bits per heavy atom. The summed E-state index contributed by atoms with van der Waals surface area (Å²) in [7, 11) is 0. The van der Waals surface area contributed by atoms with Crippen LogP contribution in [-0.4, -0.2) is 32.6 Å². The van der Waals surface area contributed by atoms with Crippen LogP contribution in [0, 0.1) is 6.92 Å². The van der Waals surface area contributed by atoms with E-state index in [-0.39, 0.29) is 0 Å². The molecule has 0 radical (unpaired) electrons. The second kappa shape index (κ2) is 5.82. The summed E-state index contributed by atoms with van der Waals surface area (Å²) in [5, 5.41) is 0. The van der Waals surface area contributed by atoms with Crippen molar-refractivity contribution in [1.29, 1.82) is 0 Å². The fourth-order valence-corrected chi connectivity index (χ4v) is 2.20. The number of carbonyl (C=O) groups is 1. The number of ether oxygens (including phenoxy) is 1. The van der Waals surface area contributed by atoms with Crippen LogP contribution in [0.25, 0.3) is 0 Å². The number of rotatable bonds is 4. The molecule has 1 aliphatic rings. The number of benzene rings is 1. The Hall–Kier alpha value is -1.35. The van der Waals surface area contributed by atoms with Gasteiger partial charge >= 0.3 is 0 Å². The highest BCUT2D eigenvalue weighted by atomic mass is 16.5. The Labute approximate surface area is 102 Å². The van der Waals surface area contributed by atoms with Crippen LogP contribution in [0.3, 0.4) is 0 Å². The molecular weight excluding hydrogens is 214 g/mol. The van der Waals surface area contributed by atoms with Crippen LogP contribution in [0.4, 0.5) is 5.69 Å². The zero-order chi connectivity index (χ0) is 12.1. The van der Waals surface area contributed by atoms with E-state index < -0.39 is 0 Å². The third-order valence-electron chi connectivity index (χ3n) is 3.12. The van der Waals surface area contributed by atoms with Gasteiger partial charge in [0.15, 0.2) is 0 Å². The number of carbonyl (C=O) groups excluding carboxylic acids is 1. The van der Waals surface area contributed by atoms with E-state index in [0.717, 1.165) is 39.0 Å². The quantitative estimate of drug-likeness (QED) is 0.745. The summed E-state index contributed by atoms with van der Waals surface area (Å²) in [6, 6.07) is 6.47. The van der Waals surface area contributed by atoms with E-state index in [1.807, 2.05) is 0 Å². The van der Waals surface area contributed by atoms with E-state index in [4.69, 9.17) is 4.74 Å². The molecule has 3 nitrogen and oxygen atoms in total. The van der Waals surface area contributed by atoms with Crippen molar-refractivity contribution in [3.8, 4) is 0 Å². The van der Waals surface area contributed by atoms with Crippen molar-refractivity contribution >= 4 is 12.0 Å². The SMILES string of the molecule is Cc1ccc(CCC=O)c(N2CCOCC2)c1. The molecule has 1 fully saturated rings. The Kier molecular flexibility index (Phi) is 4.15. The summed E-state index contributed by atoms with van der Waals surface area (Å²) >= 11 is 0. The van der Waals surface area contributed by atoms with Gasteiger partial charge in [0, 0.05) is 25.2 Å². The molecule has 2 rings (SSSR count). The van der Waals surface area contributed by atoms with Gasteiger partial charge in [-0.25, -0.2) is 0 Å². The molecule has 0 spiro atoms. The van der Waals surface area contributed by atoms with Gasteiger partial charge in [-0.3, -0.25) is 0 Å². The summed E-state index contributed by atoms with van der Waals surface area (Å²) in [6.45, 7) is 5.57. The monoisotopic (exact) mass is 233 g/mol. The predicted octanol–water partition coefficient (Wildman–Crippen LogP) is 1.96. The minimum absolute atomic E-state index is 0.598. The molecule has 1 aromatic carbocycles. The topological polar surface area (TPSA) is 29.5 Å². The van der Waals surface area contributed by atoms with Crippen LogP contribution in [0.2, 0.25) is 0 Å². The lowest BCUT2D eigenvalue weighted by Gasteiger charge is -2.31. The maximum Gasteiger partial charge on any atom is 0.120 e. The summed E-state index contributed by atoms with van der Waals surface area (Å²) in [6.07, 6.45) is 2.42. The number of aryl methyl sites for hydroxylation is 2. The van der Waals surface area contributed by atoms with Crippen LogP contribution in [0.1, 0.15) is 17.5 Å². The maximum atomic E-state index is 10.5. The van der Waals surface area contributed by atoms with Gasteiger partial charge in [0.1, 0.15) is 6.29 Å². The van der Waals surface area contributed by atoms with Crippen LogP contribution in [0.15, 0.2) is 18.2 Å². The van der Waals surface area contributed by atoms with E-state index in [9.17, 15) is 4.79 Å². The molecule has 3 heteroatoms. The highest BCUT2D eigenvalue weighted by molar-refractivity contribution is 5.58. The Bertz CT molecular complexity index is 384. The molecule has 1 aliphatic heterocycles. The second-order valence-corrected chi connectivity index (χ2v) is 4.44. The van der Waals surface area contributed by atoms with E-state index >= 15 is 0 Å². The minimum Gasteiger partial charge on any atom is -0.378 e. The summed E-state index contributed by atoms with van der Waals surface area (Å²) in [5.41, 5.74) is 3.81. The fraction of sp³-hybridized carbons (Fsp3) is 0.500. The van der Waals surface area contributed by atoms with E-state index in [0.29, 0.717) is 6.42 Å². The lowest BCUT2D eigenvalue weighted by molar-refractivity contribution is -0.107. The van der Waals surface area contributed by atoms with Crippen LogP contribution in [-0.2, 0) is 16.0 Å². The normalized spacial score (nSPS) is 15.9. The first-order chi connectivity index (χ1) is 8.31. The average Bonchev–Trinajstić information content (AvgIpc) is 2.38. The van der Waals surface area contributed by atoms with Crippen LogP contribution >= 0.6 is 0 Å². The second-order valence-electron chi connectivity index (χ2n) is 4.44. The van der Waals surface area contributed by atoms with Gasteiger partial charge in [-0.05, 0) is 30.5 Å². The number of aldehydes is 1. The molecule has 17 heavy (non-hydrogen) atoms. The fourth-order valence-electron chi connectivity index (χ4n) is 2.20. The molecular formula is C14H19NO2. The van der Waals surface area contributed by atoms with Gasteiger partial charge in [-0.1, -0.05) is 12.1 Å². The van der Waals surface area contributed by atoms with Crippen molar-refractivity contribution in [2.45, 2.75) is 19.8 Å². The Morgan fingerprint density at radius 1 is 1.35 bits per heavy atom. The summed E-state index contributed by atoms with van der Waals surface area (Å²) in [5.74, 6) is 0. The van der Waals surface area contributed by atoms with E-state index in [2.05, 4.69) is 30.0 Å². The number of morpholine rings is 1. The number of anilines is 1. The largest absolute Gasteiger partial charge is 0.378 e. The van der Waals surface area contributed by atoms with Gasteiger partial charge in [-0.15, -0.1) is 0 Å². The lowest BCUT2D eigenvalue weighted by Crippen LogP contribution is -2.36. The first kappa shape index (κ1) is 12.1. The van der Waals surface area contributed by atoms with Gasteiger partial charge in [0.2, 0.25) is 0 Å².